The third-order valence-electron chi connectivity index (χ3n) is 4.35. The first-order chi connectivity index (χ1) is 10.1. The van der Waals surface area contributed by atoms with Gasteiger partial charge >= 0.3 is 0 Å². The molecule has 1 saturated heterocycles. The summed E-state index contributed by atoms with van der Waals surface area (Å²) in [5.41, 5.74) is 8.01. The summed E-state index contributed by atoms with van der Waals surface area (Å²) in [5.74, 6) is 0.860. The first-order valence-corrected chi connectivity index (χ1v) is 8.09. The van der Waals surface area contributed by atoms with Gasteiger partial charge < -0.3 is 20.1 Å². The van der Waals surface area contributed by atoms with Gasteiger partial charge in [0.15, 0.2) is 0 Å². The fraction of sp³-hybridized carbons (Fsp3) is 0.647. The number of nitrogens with two attached hydrogens (primary N) is 1. The van der Waals surface area contributed by atoms with Gasteiger partial charge in [-0.3, -0.25) is 0 Å². The Morgan fingerprint density at radius 3 is 2.86 bits per heavy atom. The number of rotatable bonds is 3. The maximum Gasteiger partial charge on any atom is 0.123 e. The number of nitrogen functional groups attached to an aromatic ring is 1. The Balaban J connectivity index is 1.85. The first-order valence-electron chi connectivity index (χ1n) is 8.09. The normalized spacial score (nSPS) is 25.8. The van der Waals surface area contributed by atoms with Crippen LogP contribution in [0.2, 0.25) is 0 Å². The van der Waals surface area contributed by atoms with E-state index >= 15 is 0 Å². The van der Waals surface area contributed by atoms with Crippen molar-refractivity contribution in [3.8, 4) is 5.75 Å². The van der Waals surface area contributed by atoms with Gasteiger partial charge in [0.05, 0.1) is 24.9 Å². The highest BCUT2D eigenvalue weighted by Gasteiger charge is 2.34. The van der Waals surface area contributed by atoms with E-state index in [1.165, 1.54) is 31.4 Å². The second-order valence-corrected chi connectivity index (χ2v) is 6.38. The van der Waals surface area contributed by atoms with Crippen molar-refractivity contribution in [3.05, 3.63) is 18.2 Å². The molecule has 2 N–H and O–H groups in total. The van der Waals surface area contributed by atoms with Gasteiger partial charge in [-0.2, -0.15) is 0 Å². The van der Waals surface area contributed by atoms with Crippen molar-refractivity contribution in [2.45, 2.75) is 57.8 Å². The number of morpholine rings is 1. The zero-order valence-corrected chi connectivity index (χ0v) is 13.0. The molecule has 1 saturated carbocycles. The molecule has 0 amide bonds. The van der Waals surface area contributed by atoms with E-state index in [1.54, 1.807) is 0 Å². The number of benzene rings is 1. The van der Waals surface area contributed by atoms with Gasteiger partial charge in [0.25, 0.3) is 0 Å². The van der Waals surface area contributed by atoms with E-state index in [0.717, 1.165) is 24.6 Å². The fourth-order valence-electron chi connectivity index (χ4n) is 3.53. The Morgan fingerprint density at radius 1 is 1.24 bits per heavy atom. The van der Waals surface area contributed by atoms with E-state index in [-0.39, 0.29) is 6.10 Å². The van der Waals surface area contributed by atoms with Gasteiger partial charge in [-0.1, -0.05) is 12.8 Å². The predicted octanol–water partition coefficient (Wildman–Crippen LogP) is 3.20. The van der Waals surface area contributed by atoms with E-state index in [0.29, 0.717) is 12.1 Å². The van der Waals surface area contributed by atoms with Crippen LogP contribution in [0, 0.1) is 0 Å². The van der Waals surface area contributed by atoms with Crippen LogP contribution in [-0.2, 0) is 4.74 Å². The van der Waals surface area contributed by atoms with E-state index in [4.69, 9.17) is 15.2 Å². The quantitative estimate of drug-likeness (QED) is 0.868. The van der Waals surface area contributed by atoms with Crippen molar-refractivity contribution < 1.29 is 9.47 Å². The van der Waals surface area contributed by atoms with Crippen molar-refractivity contribution in [2.75, 3.05) is 23.8 Å². The molecule has 116 valence electrons. The molecule has 1 aromatic carbocycles. The van der Waals surface area contributed by atoms with Crippen LogP contribution in [0.4, 0.5) is 11.4 Å². The molecule has 1 aromatic rings. The smallest absolute Gasteiger partial charge is 0.123 e. The van der Waals surface area contributed by atoms with Crippen LogP contribution < -0.4 is 15.4 Å². The molecule has 0 spiro atoms. The molecule has 2 atom stereocenters. The molecule has 0 radical (unpaired) electrons. The number of fused-ring (bicyclic) bond motifs is 1. The average molecular weight is 290 g/mol. The Hall–Kier alpha value is -1.42. The maximum absolute atomic E-state index is 6.07. The summed E-state index contributed by atoms with van der Waals surface area (Å²) in [4.78, 5) is 2.47. The zero-order chi connectivity index (χ0) is 14.8. The van der Waals surface area contributed by atoms with Crippen molar-refractivity contribution in [1.29, 1.82) is 0 Å². The Morgan fingerprint density at radius 2 is 2.05 bits per heavy atom. The lowest BCUT2D eigenvalue weighted by molar-refractivity contribution is -0.00869. The van der Waals surface area contributed by atoms with Crippen LogP contribution in [0.15, 0.2) is 18.2 Å². The van der Waals surface area contributed by atoms with Gasteiger partial charge in [-0.15, -0.1) is 0 Å². The number of ether oxygens (including phenoxy) is 2. The molecule has 0 aromatic heterocycles. The average Bonchev–Trinajstić information content (AvgIpc) is 2.45. The highest BCUT2D eigenvalue weighted by atomic mass is 16.5. The molecular formula is C17H26N2O2. The van der Waals surface area contributed by atoms with Crippen LogP contribution in [0.3, 0.4) is 0 Å². The monoisotopic (exact) mass is 290 g/mol. The van der Waals surface area contributed by atoms with Gasteiger partial charge in [-0.25, -0.2) is 0 Å². The summed E-state index contributed by atoms with van der Waals surface area (Å²) in [7, 11) is 0. The van der Waals surface area contributed by atoms with Crippen LogP contribution in [0.25, 0.3) is 0 Å². The standard InChI is InChI=1S/C17H26N2O2/c1-12(2)21-15-10-13(18)9-14(11-15)19-7-8-20-17-6-4-3-5-16(17)19/h9-12,16-17H,3-8,18H2,1-2H3. The summed E-state index contributed by atoms with van der Waals surface area (Å²) < 4.78 is 11.8. The molecule has 3 rings (SSSR count). The minimum Gasteiger partial charge on any atom is -0.491 e. The van der Waals surface area contributed by atoms with Crippen molar-refractivity contribution in [2.24, 2.45) is 0 Å². The first kappa shape index (κ1) is 14.5. The zero-order valence-electron chi connectivity index (χ0n) is 13.0. The molecule has 2 fully saturated rings. The molecule has 1 aliphatic carbocycles. The molecular weight excluding hydrogens is 264 g/mol. The topological polar surface area (TPSA) is 47.7 Å². The maximum atomic E-state index is 6.07. The van der Waals surface area contributed by atoms with E-state index in [9.17, 15) is 0 Å². The molecule has 4 nitrogen and oxygen atoms in total. The van der Waals surface area contributed by atoms with Gasteiger partial charge in [0, 0.05) is 30.1 Å². The van der Waals surface area contributed by atoms with E-state index in [1.807, 2.05) is 19.9 Å². The largest absolute Gasteiger partial charge is 0.491 e. The molecule has 2 unspecified atom stereocenters. The van der Waals surface area contributed by atoms with E-state index in [2.05, 4.69) is 17.0 Å². The van der Waals surface area contributed by atoms with Gasteiger partial charge in [0.2, 0.25) is 0 Å². The summed E-state index contributed by atoms with van der Waals surface area (Å²) in [6.45, 7) is 5.81. The van der Waals surface area contributed by atoms with Crippen molar-refractivity contribution >= 4 is 11.4 Å². The van der Waals surface area contributed by atoms with Crippen LogP contribution >= 0.6 is 0 Å². The third-order valence-corrected chi connectivity index (χ3v) is 4.35. The van der Waals surface area contributed by atoms with Gasteiger partial charge in [0.1, 0.15) is 5.75 Å². The van der Waals surface area contributed by atoms with Crippen LogP contribution in [0.1, 0.15) is 39.5 Å². The SMILES string of the molecule is CC(C)Oc1cc(N)cc(N2CCOC3CCCCC32)c1. The number of hydrogen-bond donors (Lipinski definition) is 1. The van der Waals surface area contributed by atoms with Crippen molar-refractivity contribution in [1.82, 2.24) is 0 Å². The Bertz CT molecular complexity index is 488. The lowest BCUT2D eigenvalue weighted by Gasteiger charge is -2.45. The molecule has 2 aliphatic rings. The molecule has 21 heavy (non-hydrogen) atoms. The second kappa shape index (κ2) is 6.14. The number of nitrogens with zero attached hydrogens (tertiary/aromatic N) is 1. The van der Waals surface area contributed by atoms with Crippen LogP contribution in [-0.4, -0.2) is 31.4 Å². The van der Waals surface area contributed by atoms with Gasteiger partial charge in [-0.05, 0) is 32.8 Å². The molecule has 4 heteroatoms. The highest BCUT2D eigenvalue weighted by molar-refractivity contribution is 5.61. The lowest BCUT2D eigenvalue weighted by Crippen LogP contribution is -2.52. The summed E-state index contributed by atoms with van der Waals surface area (Å²) in [6, 6.07) is 6.57. The van der Waals surface area contributed by atoms with E-state index < -0.39 is 0 Å². The minimum atomic E-state index is 0.159. The Labute approximate surface area is 127 Å². The molecule has 1 aliphatic heterocycles. The summed E-state index contributed by atoms with van der Waals surface area (Å²) in [6.07, 6.45) is 5.50. The predicted molar refractivity (Wildman–Crippen MR) is 86.0 cm³/mol. The lowest BCUT2D eigenvalue weighted by atomic mass is 9.89. The summed E-state index contributed by atoms with van der Waals surface area (Å²) in [5, 5.41) is 0. The van der Waals surface area contributed by atoms with Crippen molar-refractivity contribution in [3.63, 3.8) is 0 Å². The minimum absolute atomic E-state index is 0.159. The number of anilines is 2. The highest BCUT2D eigenvalue weighted by Crippen LogP contribution is 2.34. The summed E-state index contributed by atoms with van der Waals surface area (Å²) >= 11 is 0. The third kappa shape index (κ3) is 3.26. The Kier molecular flexibility index (Phi) is 4.24. The molecule has 0 bridgehead atoms. The molecule has 1 heterocycles. The number of hydrogen-bond acceptors (Lipinski definition) is 4. The second-order valence-electron chi connectivity index (χ2n) is 6.38. The van der Waals surface area contributed by atoms with Crippen LogP contribution in [0.5, 0.6) is 5.75 Å². The fourth-order valence-corrected chi connectivity index (χ4v) is 3.53.